The monoisotopic (exact) mass is 215 g/mol. The Labute approximate surface area is 86.9 Å². The smallest absolute Gasteiger partial charge is 0.330 e. The molecular weight excluding hydrogens is 202 g/mol. The summed E-state index contributed by atoms with van der Waals surface area (Å²) in [6, 6.07) is -1.12. The Kier molecular flexibility index (Phi) is 5.77. The van der Waals surface area contributed by atoms with Crippen LogP contribution in [-0.4, -0.2) is 36.1 Å². The van der Waals surface area contributed by atoms with Crippen molar-refractivity contribution < 1.29 is 24.2 Å². The summed E-state index contributed by atoms with van der Waals surface area (Å²) < 4.78 is 4.35. The first-order chi connectivity index (χ1) is 6.97. The molecule has 2 N–H and O–H groups in total. The highest BCUT2D eigenvalue weighted by Crippen LogP contribution is 1.92. The normalized spacial score (nSPS) is 12.1. The second-order valence-electron chi connectivity index (χ2n) is 2.72. The summed E-state index contributed by atoms with van der Waals surface area (Å²) in [7, 11) is 1.23. The fourth-order valence-corrected chi connectivity index (χ4v) is 0.795. The Balaban J connectivity index is 4.22. The first-order valence-corrected chi connectivity index (χ1v) is 4.20. The van der Waals surface area contributed by atoms with Gasteiger partial charge in [0, 0.05) is 6.92 Å². The predicted octanol–water partition coefficient (Wildman–Crippen LogP) is -0.305. The highest BCUT2D eigenvalue weighted by atomic mass is 16.5. The van der Waals surface area contributed by atoms with Gasteiger partial charge in [-0.25, -0.2) is 4.79 Å². The summed E-state index contributed by atoms with van der Waals surface area (Å²) in [6.07, 6.45) is 2.53. The lowest BCUT2D eigenvalue weighted by molar-refractivity contribution is -0.140. The Morgan fingerprint density at radius 3 is 2.47 bits per heavy atom. The standard InChI is InChI=1S/C9H13NO5/c1-6(11)10-7(9(13)14)4-3-5-8(12)15-2/h3-4,7H,5H2,1-2H3,(H,10,11)(H,13,14)/b4-3+. The lowest BCUT2D eigenvalue weighted by Gasteiger charge is -2.07. The van der Waals surface area contributed by atoms with Gasteiger partial charge < -0.3 is 15.2 Å². The van der Waals surface area contributed by atoms with Crippen molar-refractivity contribution in [2.75, 3.05) is 7.11 Å². The molecule has 0 aliphatic carbocycles. The first kappa shape index (κ1) is 13.2. The number of rotatable bonds is 5. The van der Waals surface area contributed by atoms with Crippen molar-refractivity contribution in [3.8, 4) is 0 Å². The molecule has 6 heteroatoms. The van der Waals surface area contributed by atoms with E-state index in [0.29, 0.717) is 0 Å². The molecule has 1 unspecified atom stereocenters. The van der Waals surface area contributed by atoms with E-state index in [4.69, 9.17) is 5.11 Å². The van der Waals surface area contributed by atoms with E-state index in [0.717, 1.165) is 0 Å². The maximum atomic E-state index is 10.7. The van der Waals surface area contributed by atoms with Gasteiger partial charge in [-0.05, 0) is 0 Å². The highest BCUT2D eigenvalue weighted by molar-refractivity contribution is 5.83. The lowest BCUT2D eigenvalue weighted by atomic mass is 10.2. The van der Waals surface area contributed by atoms with E-state index < -0.39 is 23.9 Å². The van der Waals surface area contributed by atoms with Crippen LogP contribution in [0.15, 0.2) is 12.2 Å². The van der Waals surface area contributed by atoms with Gasteiger partial charge in [0.15, 0.2) is 0 Å². The van der Waals surface area contributed by atoms with Crippen molar-refractivity contribution in [1.29, 1.82) is 0 Å². The third kappa shape index (κ3) is 6.25. The topological polar surface area (TPSA) is 92.7 Å². The van der Waals surface area contributed by atoms with E-state index in [2.05, 4.69) is 10.1 Å². The van der Waals surface area contributed by atoms with Crippen molar-refractivity contribution in [2.45, 2.75) is 19.4 Å². The number of nitrogens with one attached hydrogen (secondary N) is 1. The number of amides is 1. The van der Waals surface area contributed by atoms with Gasteiger partial charge in [-0.1, -0.05) is 12.2 Å². The number of carboxylic acid groups (broad SMARTS) is 1. The van der Waals surface area contributed by atoms with Crippen LogP contribution < -0.4 is 5.32 Å². The number of carboxylic acids is 1. The maximum Gasteiger partial charge on any atom is 0.330 e. The number of hydrogen-bond acceptors (Lipinski definition) is 4. The molecule has 0 radical (unpaired) electrons. The molecule has 1 atom stereocenters. The van der Waals surface area contributed by atoms with Gasteiger partial charge in [0.2, 0.25) is 5.91 Å². The third-order valence-electron chi connectivity index (χ3n) is 1.47. The molecule has 0 aliphatic heterocycles. The van der Waals surface area contributed by atoms with Gasteiger partial charge in [-0.15, -0.1) is 0 Å². The van der Waals surface area contributed by atoms with Crippen LogP contribution in [-0.2, 0) is 19.1 Å². The Bertz CT molecular complexity index is 284. The van der Waals surface area contributed by atoms with Crippen LogP contribution in [0.4, 0.5) is 0 Å². The highest BCUT2D eigenvalue weighted by Gasteiger charge is 2.14. The summed E-state index contributed by atoms with van der Waals surface area (Å²) >= 11 is 0. The Morgan fingerprint density at radius 2 is 2.07 bits per heavy atom. The zero-order valence-corrected chi connectivity index (χ0v) is 8.52. The van der Waals surface area contributed by atoms with Crippen LogP contribution in [0.3, 0.4) is 0 Å². The molecule has 0 rings (SSSR count). The van der Waals surface area contributed by atoms with E-state index >= 15 is 0 Å². The number of carbonyl (C=O) groups is 3. The fourth-order valence-electron chi connectivity index (χ4n) is 0.795. The van der Waals surface area contributed by atoms with Gasteiger partial charge in [-0.3, -0.25) is 9.59 Å². The van der Waals surface area contributed by atoms with Crippen LogP contribution in [0.5, 0.6) is 0 Å². The van der Waals surface area contributed by atoms with Crippen LogP contribution in [0, 0.1) is 0 Å². The third-order valence-corrected chi connectivity index (χ3v) is 1.47. The average molecular weight is 215 g/mol. The molecule has 0 aliphatic rings. The molecule has 0 fully saturated rings. The quantitative estimate of drug-likeness (QED) is 0.485. The summed E-state index contributed by atoms with van der Waals surface area (Å²) in [5.41, 5.74) is 0. The van der Waals surface area contributed by atoms with Gasteiger partial charge in [0.25, 0.3) is 0 Å². The summed E-state index contributed by atoms with van der Waals surface area (Å²) in [6.45, 7) is 1.21. The molecule has 6 nitrogen and oxygen atoms in total. The van der Waals surface area contributed by atoms with Crippen molar-refractivity contribution in [3.63, 3.8) is 0 Å². The van der Waals surface area contributed by atoms with Gasteiger partial charge in [0.1, 0.15) is 6.04 Å². The second-order valence-corrected chi connectivity index (χ2v) is 2.72. The minimum absolute atomic E-state index is 0.0279. The summed E-state index contributed by atoms with van der Waals surface area (Å²) in [4.78, 5) is 31.9. The van der Waals surface area contributed by atoms with Crippen molar-refractivity contribution >= 4 is 17.8 Å². The number of hydrogen-bond donors (Lipinski definition) is 2. The van der Waals surface area contributed by atoms with E-state index in [1.807, 2.05) is 0 Å². The number of esters is 1. The molecule has 0 aromatic rings. The maximum absolute atomic E-state index is 10.7. The van der Waals surface area contributed by atoms with Crippen LogP contribution in [0.1, 0.15) is 13.3 Å². The second kappa shape index (κ2) is 6.58. The van der Waals surface area contributed by atoms with Gasteiger partial charge >= 0.3 is 11.9 Å². The number of methoxy groups -OCH3 is 1. The molecule has 0 saturated heterocycles. The Morgan fingerprint density at radius 1 is 1.47 bits per heavy atom. The molecule has 0 bridgehead atoms. The zero-order valence-electron chi connectivity index (χ0n) is 8.52. The summed E-state index contributed by atoms with van der Waals surface area (Å²) in [5.74, 6) is -2.12. The van der Waals surface area contributed by atoms with E-state index in [1.54, 1.807) is 0 Å². The molecule has 84 valence electrons. The molecule has 0 aromatic heterocycles. The molecule has 15 heavy (non-hydrogen) atoms. The molecule has 0 heterocycles. The largest absolute Gasteiger partial charge is 0.479 e. The lowest BCUT2D eigenvalue weighted by Crippen LogP contribution is -2.37. The van der Waals surface area contributed by atoms with Crippen molar-refractivity contribution in [2.24, 2.45) is 0 Å². The minimum Gasteiger partial charge on any atom is -0.479 e. The molecule has 1 amide bonds. The van der Waals surface area contributed by atoms with Gasteiger partial charge in [0.05, 0.1) is 13.5 Å². The molecular formula is C9H13NO5. The van der Waals surface area contributed by atoms with E-state index in [-0.39, 0.29) is 6.42 Å². The number of carbonyl (C=O) groups excluding carboxylic acids is 2. The van der Waals surface area contributed by atoms with Crippen LogP contribution in [0.25, 0.3) is 0 Å². The van der Waals surface area contributed by atoms with Crippen LogP contribution >= 0.6 is 0 Å². The van der Waals surface area contributed by atoms with Gasteiger partial charge in [-0.2, -0.15) is 0 Å². The average Bonchev–Trinajstić information content (AvgIpc) is 2.15. The SMILES string of the molecule is COC(=O)C/C=C/C(NC(C)=O)C(=O)O. The predicted molar refractivity (Wildman–Crippen MR) is 51.0 cm³/mol. The van der Waals surface area contributed by atoms with E-state index in [9.17, 15) is 14.4 Å². The first-order valence-electron chi connectivity index (χ1n) is 4.20. The van der Waals surface area contributed by atoms with Crippen molar-refractivity contribution in [3.05, 3.63) is 12.2 Å². The molecule has 0 spiro atoms. The number of ether oxygens (including phenoxy) is 1. The molecule has 0 aromatic carbocycles. The van der Waals surface area contributed by atoms with E-state index in [1.165, 1.54) is 26.2 Å². The Hall–Kier alpha value is -1.85. The molecule has 0 saturated carbocycles. The minimum atomic E-state index is -1.19. The summed E-state index contributed by atoms with van der Waals surface area (Å²) in [5, 5.41) is 10.9. The fraction of sp³-hybridized carbons (Fsp3) is 0.444. The van der Waals surface area contributed by atoms with Crippen LogP contribution in [0.2, 0.25) is 0 Å². The zero-order chi connectivity index (χ0) is 11.8. The number of aliphatic carboxylic acids is 1. The van der Waals surface area contributed by atoms with Crippen molar-refractivity contribution in [1.82, 2.24) is 5.32 Å².